The van der Waals surface area contributed by atoms with Gasteiger partial charge in [-0.25, -0.2) is 0 Å². The molecular formula is C14H21NO4S. The van der Waals surface area contributed by atoms with E-state index in [9.17, 15) is 13.2 Å². The summed E-state index contributed by atoms with van der Waals surface area (Å²) in [4.78, 5) is 11.1. The fourth-order valence-corrected chi connectivity index (χ4v) is 2.79. The van der Waals surface area contributed by atoms with Gasteiger partial charge < -0.3 is 5.73 Å². The summed E-state index contributed by atoms with van der Waals surface area (Å²) >= 11 is 0. The van der Waals surface area contributed by atoms with Crippen molar-refractivity contribution in [3.63, 3.8) is 0 Å². The molecular weight excluding hydrogens is 278 g/mol. The first-order valence-corrected chi connectivity index (χ1v) is 8.17. The number of benzene rings is 1. The zero-order valence-electron chi connectivity index (χ0n) is 11.7. The minimum Gasteiger partial charge on any atom is -0.369 e. The fraction of sp³-hybridized carbons (Fsp3) is 0.500. The van der Waals surface area contributed by atoms with Gasteiger partial charge in [0.15, 0.2) is 0 Å². The van der Waals surface area contributed by atoms with Crippen molar-refractivity contribution in [2.75, 3.05) is 0 Å². The van der Waals surface area contributed by atoms with Crippen LogP contribution in [0.15, 0.2) is 24.3 Å². The van der Waals surface area contributed by atoms with Crippen molar-refractivity contribution in [1.82, 2.24) is 0 Å². The average molecular weight is 299 g/mol. The molecule has 0 saturated heterocycles. The lowest BCUT2D eigenvalue weighted by molar-refractivity contribution is -0.121. The molecule has 5 nitrogen and oxygen atoms in total. The molecule has 2 atom stereocenters. The van der Waals surface area contributed by atoms with Gasteiger partial charge in [-0.1, -0.05) is 38.1 Å². The summed E-state index contributed by atoms with van der Waals surface area (Å²) in [6, 6.07) is 7.03. The number of carbonyl (C=O) groups is 1. The maximum atomic E-state index is 11.1. The minimum absolute atomic E-state index is 0.197. The SMILES string of the molecule is CCC(CC(C)C(N)=O)c1ccc(CS(=O)(=O)O)cc1. The Morgan fingerprint density at radius 3 is 2.25 bits per heavy atom. The average Bonchev–Trinajstić information content (AvgIpc) is 2.34. The molecule has 0 aliphatic rings. The van der Waals surface area contributed by atoms with Crippen molar-refractivity contribution in [1.29, 1.82) is 0 Å². The number of nitrogens with two attached hydrogens (primary N) is 1. The normalized spacial score (nSPS) is 14.8. The second-order valence-electron chi connectivity index (χ2n) is 5.11. The number of carbonyl (C=O) groups excluding carboxylic acids is 1. The molecule has 0 aliphatic heterocycles. The van der Waals surface area contributed by atoms with Crippen LogP contribution in [0.4, 0.5) is 0 Å². The van der Waals surface area contributed by atoms with Crippen LogP contribution in [0.3, 0.4) is 0 Å². The Labute approximate surface area is 119 Å². The van der Waals surface area contributed by atoms with E-state index in [-0.39, 0.29) is 23.5 Å². The van der Waals surface area contributed by atoms with Crippen molar-refractivity contribution in [2.45, 2.75) is 38.4 Å². The van der Waals surface area contributed by atoms with E-state index in [1.165, 1.54) is 0 Å². The Bertz CT molecular complexity index is 551. The van der Waals surface area contributed by atoms with E-state index in [0.29, 0.717) is 12.0 Å². The number of hydrogen-bond donors (Lipinski definition) is 2. The molecule has 3 N–H and O–H groups in total. The maximum Gasteiger partial charge on any atom is 0.269 e. The van der Waals surface area contributed by atoms with E-state index in [2.05, 4.69) is 0 Å². The lowest BCUT2D eigenvalue weighted by atomic mass is 9.87. The van der Waals surface area contributed by atoms with Gasteiger partial charge in [-0.3, -0.25) is 9.35 Å². The minimum atomic E-state index is -4.01. The van der Waals surface area contributed by atoms with Crippen LogP contribution in [-0.4, -0.2) is 18.9 Å². The zero-order valence-corrected chi connectivity index (χ0v) is 12.6. The van der Waals surface area contributed by atoms with Gasteiger partial charge in [0.2, 0.25) is 5.91 Å². The Kier molecular flexibility index (Phi) is 5.71. The fourth-order valence-electron chi connectivity index (χ4n) is 2.18. The summed E-state index contributed by atoms with van der Waals surface area (Å²) in [6.07, 6.45) is 1.54. The molecule has 112 valence electrons. The van der Waals surface area contributed by atoms with Crippen LogP contribution in [0, 0.1) is 5.92 Å². The second-order valence-corrected chi connectivity index (χ2v) is 6.56. The van der Waals surface area contributed by atoms with Crippen LogP contribution in [0.2, 0.25) is 0 Å². The number of rotatable bonds is 7. The van der Waals surface area contributed by atoms with Crippen molar-refractivity contribution in [3.05, 3.63) is 35.4 Å². The molecule has 0 heterocycles. The third-order valence-corrected chi connectivity index (χ3v) is 4.11. The number of primary amides is 1. The van der Waals surface area contributed by atoms with Gasteiger partial charge in [0.25, 0.3) is 10.1 Å². The maximum absolute atomic E-state index is 11.1. The Balaban J connectivity index is 2.82. The molecule has 20 heavy (non-hydrogen) atoms. The van der Waals surface area contributed by atoms with Gasteiger partial charge >= 0.3 is 0 Å². The smallest absolute Gasteiger partial charge is 0.269 e. The summed E-state index contributed by atoms with van der Waals surface area (Å²) in [5.74, 6) is -0.692. The zero-order chi connectivity index (χ0) is 15.3. The lowest BCUT2D eigenvalue weighted by Crippen LogP contribution is -2.22. The highest BCUT2D eigenvalue weighted by Gasteiger charge is 2.17. The number of amides is 1. The second kappa shape index (κ2) is 6.85. The van der Waals surface area contributed by atoms with Crippen molar-refractivity contribution >= 4 is 16.0 Å². The van der Waals surface area contributed by atoms with Gasteiger partial charge in [0.1, 0.15) is 5.75 Å². The van der Waals surface area contributed by atoms with Crippen molar-refractivity contribution in [2.24, 2.45) is 11.7 Å². The monoisotopic (exact) mass is 299 g/mol. The predicted octanol–water partition coefficient (Wildman–Crippen LogP) is 2.08. The summed E-state index contributed by atoms with van der Waals surface area (Å²) in [6.45, 7) is 3.84. The van der Waals surface area contributed by atoms with E-state index in [4.69, 9.17) is 10.3 Å². The van der Waals surface area contributed by atoms with E-state index in [1.807, 2.05) is 19.1 Å². The Hall–Kier alpha value is -1.40. The van der Waals surface area contributed by atoms with Crippen LogP contribution in [0.5, 0.6) is 0 Å². The molecule has 1 rings (SSSR count). The van der Waals surface area contributed by atoms with E-state index >= 15 is 0 Å². The van der Waals surface area contributed by atoms with Crippen LogP contribution in [0.25, 0.3) is 0 Å². The molecule has 1 aromatic rings. The highest BCUT2D eigenvalue weighted by molar-refractivity contribution is 7.85. The van der Waals surface area contributed by atoms with E-state index in [0.717, 1.165) is 12.0 Å². The highest BCUT2D eigenvalue weighted by Crippen LogP contribution is 2.27. The molecule has 0 fully saturated rings. The first kappa shape index (κ1) is 16.7. The molecule has 0 aliphatic carbocycles. The quantitative estimate of drug-likeness (QED) is 0.753. The van der Waals surface area contributed by atoms with Crippen LogP contribution in [-0.2, 0) is 20.7 Å². The summed E-state index contributed by atoms with van der Waals surface area (Å²) < 4.78 is 30.4. The largest absolute Gasteiger partial charge is 0.369 e. The number of hydrogen-bond acceptors (Lipinski definition) is 3. The van der Waals surface area contributed by atoms with Crippen LogP contribution < -0.4 is 5.73 Å². The molecule has 1 amide bonds. The molecule has 0 radical (unpaired) electrons. The van der Waals surface area contributed by atoms with E-state index in [1.54, 1.807) is 19.1 Å². The Morgan fingerprint density at radius 2 is 1.85 bits per heavy atom. The summed E-state index contributed by atoms with van der Waals surface area (Å²) in [5, 5.41) is 0. The van der Waals surface area contributed by atoms with Crippen molar-refractivity contribution < 1.29 is 17.8 Å². The summed E-state index contributed by atoms with van der Waals surface area (Å²) in [7, 11) is -4.01. The molecule has 0 spiro atoms. The topological polar surface area (TPSA) is 97.5 Å². The first-order chi connectivity index (χ1) is 9.23. The van der Waals surface area contributed by atoms with Crippen molar-refractivity contribution in [3.8, 4) is 0 Å². The first-order valence-electron chi connectivity index (χ1n) is 6.56. The highest BCUT2D eigenvalue weighted by atomic mass is 32.2. The predicted molar refractivity (Wildman–Crippen MR) is 77.7 cm³/mol. The molecule has 6 heteroatoms. The van der Waals surface area contributed by atoms with E-state index < -0.39 is 10.1 Å². The van der Waals surface area contributed by atoms with Crippen LogP contribution in [0.1, 0.15) is 43.7 Å². The van der Waals surface area contributed by atoms with Gasteiger partial charge in [0.05, 0.1) is 0 Å². The third kappa shape index (κ3) is 5.30. The molecule has 0 saturated carbocycles. The molecule has 2 unspecified atom stereocenters. The molecule has 1 aromatic carbocycles. The van der Waals surface area contributed by atoms with Gasteiger partial charge in [-0.05, 0) is 29.9 Å². The Morgan fingerprint density at radius 1 is 1.30 bits per heavy atom. The standard InChI is InChI=1S/C14H21NO4S/c1-3-12(8-10(2)14(15)16)13-6-4-11(5-7-13)9-20(17,18)19/h4-7,10,12H,3,8-9H2,1-2H3,(H2,15,16)(H,17,18,19). The third-order valence-electron chi connectivity index (χ3n) is 3.42. The lowest BCUT2D eigenvalue weighted by Gasteiger charge is -2.18. The van der Waals surface area contributed by atoms with Gasteiger partial charge in [-0.2, -0.15) is 8.42 Å². The van der Waals surface area contributed by atoms with Crippen LogP contribution >= 0.6 is 0 Å². The van der Waals surface area contributed by atoms with Gasteiger partial charge in [0, 0.05) is 5.92 Å². The molecule has 0 aromatic heterocycles. The van der Waals surface area contributed by atoms with Gasteiger partial charge in [-0.15, -0.1) is 0 Å². The summed E-state index contributed by atoms with van der Waals surface area (Å²) in [5.41, 5.74) is 6.85. The molecule has 0 bridgehead atoms.